The number of nitrogens with zero attached hydrogens (tertiary/aromatic N) is 1. The largest absolute Gasteiger partial charge is 0.314 e. The van der Waals surface area contributed by atoms with Gasteiger partial charge in [0, 0.05) is 32.7 Å². The van der Waals surface area contributed by atoms with Crippen molar-refractivity contribution in [2.75, 3.05) is 26.2 Å². The summed E-state index contributed by atoms with van der Waals surface area (Å²) in [5.74, 6) is -4.06. The summed E-state index contributed by atoms with van der Waals surface area (Å²) in [6.45, 7) is 6.55. The third kappa shape index (κ3) is 3.09. The van der Waals surface area contributed by atoms with E-state index in [9.17, 15) is 8.78 Å². The molecule has 132 valence electrons. The Bertz CT molecular complexity index is 753. The molecule has 1 N–H and O–H groups in total. The van der Waals surface area contributed by atoms with E-state index in [2.05, 4.69) is 10.2 Å². The summed E-state index contributed by atoms with van der Waals surface area (Å²) in [6, 6.07) is 15.3. The summed E-state index contributed by atoms with van der Waals surface area (Å²) >= 11 is 0. The fourth-order valence-electron chi connectivity index (χ4n) is 4.13. The van der Waals surface area contributed by atoms with Crippen molar-refractivity contribution in [3.63, 3.8) is 0 Å². The second kappa shape index (κ2) is 6.50. The minimum atomic E-state index is -2.66. The molecule has 0 radical (unpaired) electrons. The van der Waals surface area contributed by atoms with Gasteiger partial charge in [-0.05, 0) is 29.2 Å². The van der Waals surface area contributed by atoms with Gasteiger partial charge >= 0.3 is 0 Å². The van der Waals surface area contributed by atoms with Gasteiger partial charge in [-0.2, -0.15) is 0 Å². The van der Waals surface area contributed by atoms with Crippen LogP contribution in [-0.4, -0.2) is 37.0 Å². The zero-order valence-corrected chi connectivity index (χ0v) is 14.5. The molecule has 0 amide bonds. The molecule has 0 bridgehead atoms. The predicted molar refractivity (Wildman–Crippen MR) is 96.2 cm³/mol. The zero-order chi connectivity index (χ0) is 17.4. The third-order valence-corrected chi connectivity index (χ3v) is 5.57. The number of piperazine rings is 1. The molecule has 1 aliphatic carbocycles. The van der Waals surface area contributed by atoms with Gasteiger partial charge in [0.1, 0.15) is 0 Å². The van der Waals surface area contributed by atoms with Gasteiger partial charge in [-0.15, -0.1) is 0 Å². The Morgan fingerprint density at radius 1 is 0.960 bits per heavy atom. The Morgan fingerprint density at radius 3 is 2.28 bits per heavy atom. The van der Waals surface area contributed by atoms with Crippen LogP contribution in [0.5, 0.6) is 0 Å². The highest BCUT2D eigenvalue weighted by atomic mass is 19.3. The fourth-order valence-corrected chi connectivity index (χ4v) is 4.13. The predicted octanol–water partition coefficient (Wildman–Crippen LogP) is 3.92. The number of hydrogen-bond acceptors (Lipinski definition) is 2. The van der Waals surface area contributed by atoms with Crippen LogP contribution in [-0.2, 0) is 6.54 Å². The first-order valence-corrected chi connectivity index (χ1v) is 9.03. The first-order chi connectivity index (χ1) is 12.1. The number of rotatable bonds is 4. The van der Waals surface area contributed by atoms with Crippen molar-refractivity contribution in [3.8, 4) is 0 Å². The number of aryl methyl sites for hydroxylation is 1. The van der Waals surface area contributed by atoms with Gasteiger partial charge in [-0.1, -0.05) is 48.5 Å². The SMILES string of the molecule is Cc1ccccc1[C@@H]1[C@H](c2ccccc2CN2CCNCC2)C1(F)F. The van der Waals surface area contributed by atoms with Crippen molar-refractivity contribution in [2.24, 2.45) is 0 Å². The lowest BCUT2D eigenvalue weighted by atomic mass is 9.97. The lowest BCUT2D eigenvalue weighted by Gasteiger charge is -2.28. The molecule has 1 aliphatic heterocycles. The van der Waals surface area contributed by atoms with Gasteiger partial charge in [0.05, 0.1) is 11.8 Å². The van der Waals surface area contributed by atoms with Gasteiger partial charge in [0.2, 0.25) is 0 Å². The van der Waals surface area contributed by atoms with Crippen LogP contribution >= 0.6 is 0 Å². The molecule has 4 heteroatoms. The molecule has 0 aromatic heterocycles. The molecule has 2 nitrogen and oxygen atoms in total. The molecule has 2 aromatic rings. The van der Waals surface area contributed by atoms with E-state index in [0.717, 1.165) is 55.0 Å². The first-order valence-electron chi connectivity index (χ1n) is 9.03. The molecular formula is C21H24F2N2. The molecule has 0 unspecified atom stereocenters. The highest BCUT2D eigenvalue weighted by Gasteiger charge is 2.69. The second-order valence-electron chi connectivity index (χ2n) is 7.21. The minimum absolute atomic E-state index is 0.696. The van der Waals surface area contributed by atoms with Crippen LogP contribution in [0.25, 0.3) is 0 Å². The topological polar surface area (TPSA) is 15.3 Å². The average molecular weight is 342 g/mol. The summed E-state index contributed by atoms with van der Waals surface area (Å²) < 4.78 is 29.5. The molecule has 1 heterocycles. The fraction of sp³-hybridized carbons (Fsp3) is 0.429. The van der Waals surface area contributed by atoms with Gasteiger partial charge in [-0.25, -0.2) is 8.78 Å². The summed E-state index contributed by atoms with van der Waals surface area (Å²) in [7, 11) is 0. The highest BCUT2D eigenvalue weighted by Crippen LogP contribution is 2.68. The van der Waals surface area contributed by atoms with E-state index < -0.39 is 17.8 Å². The van der Waals surface area contributed by atoms with Crippen molar-refractivity contribution < 1.29 is 8.78 Å². The summed E-state index contributed by atoms with van der Waals surface area (Å²) in [5, 5.41) is 3.34. The van der Waals surface area contributed by atoms with E-state index in [1.807, 2.05) is 55.5 Å². The molecule has 2 aromatic carbocycles. The van der Waals surface area contributed by atoms with Crippen molar-refractivity contribution in [2.45, 2.75) is 31.2 Å². The van der Waals surface area contributed by atoms with Crippen molar-refractivity contribution in [1.82, 2.24) is 10.2 Å². The summed E-state index contributed by atoms with van der Waals surface area (Å²) in [5.41, 5.74) is 3.60. The Kier molecular flexibility index (Phi) is 4.34. The Balaban J connectivity index is 1.63. The van der Waals surface area contributed by atoms with Gasteiger partial charge < -0.3 is 5.32 Å². The lowest BCUT2D eigenvalue weighted by molar-refractivity contribution is 0.104. The van der Waals surface area contributed by atoms with Crippen molar-refractivity contribution in [3.05, 3.63) is 70.8 Å². The van der Waals surface area contributed by atoms with Crippen LogP contribution in [0, 0.1) is 6.92 Å². The standard InChI is InChI=1S/C21H24F2N2/c1-15-6-2-4-8-17(15)19-20(21(19,22)23)18-9-5-3-7-16(18)14-25-12-10-24-11-13-25/h2-9,19-20,24H,10-14H2,1H3/t19-,20+/m1/s1. The molecule has 2 fully saturated rings. The Morgan fingerprint density at radius 2 is 1.56 bits per heavy atom. The molecular weight excluding hydrogens is 318 g/mol. The highest BCUT2D eigenvalue weighted by molar-refractivity contribution is 5.48. The monoisotopic (exact) mass is 342 g/mol. The number of halogens is 2. The van der Waals surface area contributed by atoms with Gasteiger partial charge in [0.15, 0.2) is 0 Å². The molecule has 1 saturated heterocycles. The number of nitrogens with one attached hydrogen (secondary N) is 1. The first kappa shape index (κ1) is 16.7. The molecule has 2 aliphatic rings. The van der Waals surface area contributed by atoms with E-state index in [-0.39, 0.29) is 0 Å². The summed E-state index contributed by atoms with van der Waals surface area (Å²) in [4.78, 5) is 2.35. The van der Waals surface area contributed by atoms with E-state index in [1.165, 1.54) is 0 Å². The number of alkyl halides is 2. The molecule has 4 rings (SSSR count). The second-order valence-corrected chi connectivity index (χ2v) is 7.21. The van der Waals surface area contributed by atoms with Gasteiger partial charge in [-0.3, -0.25) is 4.90 Å². The van der Waals surface area contributed by atoms with E-state index >= 15 is 0 Å². The van der Waals surface area contributed by atoms with Crippen LogP contribution in [0.1, 0.15) is 34.1 Å². The maximum Gasteiger partial charge on any atom is 0.263 e. The summed E-state index contributed by atoms with van der Waals surface area (Å²) in [6.07, 6.45) is 0. The Labute approximate surface area is 147 Å². The van der Waals surface area contributed by atoms with Crippen LogP contribution in [0.4, 0.5) is 8.78 Å². The number of benzene rings is 2. The molecule has 0 spiro atoms. The van der Waals surface area contributed by atoms with Crippen LogP contribution in [0.15, 0.2) is 48.5 Å². The minimum Gasteiger partial charge on any atom is -0.314 e. The normalized spacial score (nSPS) is 25.7. The van der Waals surface area contributed by atoms with E-state index in [4.69, 9.17) is 0 Å². The Hall–Kier alpha value is -1.78. The van der Waals surface area contributed by atoms with Crippen LogP contribution < -0.4 is 5.32 Å². The molecule has 25 heavy (non-hydrogen) atoms. The lowest BCUT2D eigenvalue weighted by Crippen LogP contribution is -2.43. The van der Waals surface area contributed by atoms with Gasteiger partial charge in [0.25, 0.3) is 5.92 Å². The number of hydrogen-bond donors (Lipinski definition) is 1. The van der Waals surface area contributed by atoms with Crippen molar-refractivity contribution in [1.29, 1.82) is 0 Å². The van der Waals surface area contributed by atoms with Crippen LogP contribution in [0.2, 0.25) is 0 Å². The molecule has 1 saturated carbocycles. The maximum atomic E-state index is 14.7. The van der Waals surface area contributed by atoms with Crippen LogP contribution in [0.3, 0.4) is 0 Å². The quantitative estimate of drug-likeness (QED) is 0.906. The van der Waals surface area contributed by atoms with E-state index in [0.29, 0.717) is 0 Å². The smallest absolute Gasteiger partial charge is 0.263 e. The molecule has 2 atom stereocenters. The average Bonchev–Trinajstić information content (AvgIpc) is 3.18. The van der Waals surface area contributed by atoms with Crippen molar-refractivity contribution >= 4 is 0 Å². The van der Waals surface area contributed by atoms with E-state index in [1.54, 1.807) is 0 Å². The third-order valence-electron chi connectivity index (χ3n) is 5.57. The maximum absolute atomic E-state index is 14.7. The zero-order valence-electron chi connectivity index (χ0n) is 14.5.